The van der Waals surface area contributed by atoms with E-state index in [2.05, 4.69) is 22.5 Å². The molecule has 0 aliphatic carbocycles. The highest BCUT2D eigenvalue weighted by Gasteiger charge is 2.17. The SMILES string of the molecule is CCCCC/C=C/C=C/[C@H](CC(=O)CC(=O)OC)N[S@](=O)c1ccc(C)cc1. The maximum atomic E-state index is 12.6. The lowest BCUT2D eigenvalue weighted by Crippen LogP contribution is -2.32. The number of rotatable bonds is 13. The minimum absolute atomic E-state index is 0.0624. The third-order valence-electron chi connectivity index (χ3n) is 4.08. The summed E-state index contributed by atoms with van der Waals surface area (Å²) in [4.78, 5) is 24.1. The summed E-state index contributed by atoms with van der Waals surface area (Å²) in [6.45, 7) is 4.13. The van der Waals surface area contributed by atoms with Crippen molar-refractivity contribution < 1.29 is 18.5 Å². The van der Waals surface area contributed by atoms with Crippen molar-refractivity contribution in [2.24, 2.45) is 0 Å². The lowest BCUT2D eigenvalue weighted by atomic mass is 10.1. The summed E-state index contributed by atoms with van der Waals surface area (Å²) in [7, 11) is -0.207. The highest BCUT2D eigenvalue weighted by Crippen LogP contribution is 2.09. The average Bonchev–Trinajstić information content (AvgIpc) is 2.67. The van der Waals surface area contributed by atoms with Crippen molar-refractivity contribution in [2.45, 2.75) is 63.3 Å². The van der Waals surface area contributed by atoms with E-state index in [9.17, 15) is 13.8 Å². The van der Waals surface area contributed by atoms with Crippen LogP contribution in [0.1, 0.15) is 51.0 Å². The van der Waals surface area contributed by atoms with E-state index in [4.69, 9.17) is 0 Å². The zero-order valence-electron chi connectivity index (χ0n) is 17.0. The predicted octanol–water partition coefficient (Wildman–Crippen LogP) is 4.19. The molecule has 0 radical (unpaired) electrons. The van der Waals surface area contributed by atoms with Crippen molar-refractivity contribution in [3.8, 4) is 0 Å². The number of hydrogen-bond donors (Lipinski definition) is 1. The monoisotopic (exact) mass is 405 g/mol. The molecule has 1 N–H and O–H groups in total. The zero-order valence-corrected chi connectivity index (χ0v) is 17.8. The third-order valence-corrected chi connectivity index (χ3v) is 5.29. The van der Waals surface area contributed by atoms with Crippen LogP contribution >= 0.6 is 0 Å². The molecule has 0 spiro atoms. The smallest absolute Gasteiger partial charge is 0.313 e. The fourth-order valence-corrected chi connectivity index (χ4v) is 3.41. The van der Waals surface area contributed by atoms with Crippen molar-refractivity contribution in [1.82, 2.24) is 4.72 Å². The lowest BCUT2D eigenvalue weighted by Gasteiger charge is -2.14. The summed E-state index contributed by atoms with van der Waals surface area (Å²) in [5.74, 6) is -0.829. The number of methoxy groups -OCH3 is 1. The second-order valence-electron chi connectivity index (χ2n) is 6.61. The predicted molar refractivity (Wildman–Crippen MR) is 113 cm³/mol. The van der Waals surface area contributed by atoms with Crippen LogP contribution < -0.4 is 4.72 Å². The molecular formula is C22H31NO4S. The Labute approximate surface area is 170 Å². The number of benzene rings is 1. The lowest BCUT2D eigenvalue weighted by molar-refractivity contribution is -0.143. The molecule has 0 unspecified atom stereocenters. The van der Waals surface area contributed by atoms with E-state index < -0.39 is 23.0 Å². The number of carbonyl (C=O) groups is 2. The van der Waals surface area contributed by atoms with E-state index in [0.717, 1.165) is 18.4 Å². The molecule has 0 aromatic heterocycles. The molecule has 0 saturated heterocycles. The number of hydrogen-bond acceptors (Lipinski definition) is 4. The first-order valence-electron chi connectivity index (χ1n) is 9.62. The van der Waals surface area contributed by atoms with Crippen LogP contribution in [0, 0.1) is 6.92 Å². The molecule has 0 amide bonds. The Kier molecular flexibility index (Phi) is 12.0. The molecule has 0 saturated carbocycles. The van der Waals surface area contributed by atoms with Gasteiger partial charge in [-0.05, 0) is 31.9 Å². The Balaban J connectivity index is 2.73. The highest BCUT2D eigenvalue weighted by molar-refractivity contribution is 7.83. The average molecular weight is 406 g/mol. The van der Waals surface area contributed by atoms with Gasteiger partial charge >= 0.3 is 5.97 Å². The van der Waals surface area contributed by atoms with Gasteiger partial charge in [-0.15, -0.1) is 0 Å². The molecule has 1 aromatic rings. The molecule has 0 fully saturated rings. The molecule has 0 bridgehead atoms. The van der Waals surface area contributed by atoms with Gasteiger partial charge in [0.2, 0.25) is 0 Å². The number of ether oxygens (including phenoxy) is 1. The highest BCUT2D eigenvalue weighted by atomic mass is 32.2. The topological polar surface area (TPSA) is 72.5 Å². The van der Waals surface area contributed by atoms with Crippen LogP contribution in [0.5, 0.6) is 0 Å². The van der Waals surface area contributed by atoms with Crippen molar-refractivity contribution in [3.63, 3.8) is 0 Å². The Morgan fingerprint density at radius 2 is 1.89 bits per heavy atom. The van der Waals surface area contributed by atoms with E-state index in [1.54, 1.807) is 18.2 Å². The Morgan fingerprint density at radius 1 is 1.18 bits per heavy atom. The largest absolute Gasteiger partial charge is 0.469 e. The summed E-state index contributed by atoms with van der Waals surface area (Å²) in [6.07, 6.45) is 12.0. The first kappa shape index (κ1) is 24.0. The molecule has 154 valence electrons. The number of unbranched alkanes of at least 4 members (excludes halogenated alkanes) is 3. The number of Topliss-reactive ketones (excluding diaryl/α,β-unsaturated/α-hetero) is 1. The first-order valence-corrected chi connectivity index (χ1v) is 10.8. The number of esters is 1. The minimum Gasteiger partial charge on any atom is -0.469 e. The van der Waals surface area contributed by atoms with E-state index in [0.29, 0.717) is 4.90 Å². The van der Waals surface area contributed by atoms with Crippen LogP contribution in [0.15, 0.2) is 53.5 Å². The van der Waals surface area contributed by atoms with Crippen LogP contribution in [0.3, 0.4) is 0 Å². The van der Waals surface area contributed by atoms with Crippen LogP contribution in [-0.4, -0.2) is 29.1 Å². The Bertz CT molecular complexity index is 695. The van der Waals surface area contributed by atoms with Gasteiger partial charge in [-0.2, -0.15) is 0 Å². The van der Waals surface area contributed by atoms with Gasteiger partial charge in [-0.1, -0.05) is 61.8 Å². The minimum atomic E-state index is -1.46. The van der Waals surface area contributed by atoms with Gasteiger partial charge in [-0.25, -0.2) is 8.93 Å². The number of nitrogens with one attached hydrogen (secondary N) is 1. The van der Waals surface area contributed by atoms with Gasteiger partial charge in [0.15, 0.2) is 0 Å². The van der Waals surface area contributed by atoms with Gasteiger partial charge in [0, 0.05) is 12.5 Å². The number of aryl methyl sites for hydroxylation is 1. The summed E-state index contributed by atoms with van der Waals surface area (Å²) >= 11 is 0. The normalized spacial score (nSPS) is 13.7. The molecule has 1 aromatic carbocycles. The van der Waals surface area contributed by atoms with E-state index >= 15 is 0 Å². The summed E-state index contributed by atoms with van der Waals surface area (Å²) in [5, 5.41) is 0. The van der Waals surface area contributed by atoms with Gasteiger partial charge in [0.05, 0.1) is 12.0 Å². The fraction of sp³-hybridized carbons (Fsp3) is 0.455. The van der Waals surface area contributed by atoms with Crippen molar-refractivity contribution >= 4 is 22.7 Å². The van der Waals surface area contributed by atoms with Gasteiger partial charge in [0.25, 0.3) is 0 Å². The van der Waals surface area contributed by atoms with E-state index in [-0.39, 0.29) is 18.6 Å². The number of allylic oxidation sites excluding steroid dienone is 3. The maximum absolute atomic E-state index is 12.6. The zero-order chi connectivity index (χ0) is 20.8. The van der Waals surface area contributed by atoms with Crippen LogP contribution in [0.2, 0.25) is 0 Å². The summed E-state index contributed by atoms with van der Waals surface area (Å²) in [6, 6.07) is 6.92. The van der Waals surface area contributed by atoms with Crippen LogP contribution in [0.25, 0.3) is 0 Å². The number of ketones is 1. The molecule has 5 nitrogen and oxygen atoms in total. The molecule has 6 heteroatoms. The summed E-state index contributed by atoms with van der Waals surface area (Å²) in [5.41, 5.74) is 1.08. The molecule has 0 heterocycles. The Morgan fingerprint density at radius 3 is 2.54 bits per heavy atom. The van der Waals surface area contributed by atoms with E-state index in [1.807, 2.05) is 31.2 Å². The van der Waals surface area contributed by atoms with Crippen LogP contribution in [0.4, 0.5) is 0 Å². The molecule has 1 rings (SSSR count). The van der Waals surface area contributed by atoms with Crippen molar-refractivity contribution in [1.29, 1.82) is 0 Å². The Hall–Kier alpha value is -2.05. The third kappa shape index (κ3) is 10.3. The second kappa shape index (κ2) is 14.0. The first-order chi connectivity index (χ1) is 13.5. The quantitative estimate of drug-likeness (QED) is 0.231. The molecule has 28 heavy (non-hydrogen) atoms. The fourth-order valence-electron chi connectivity index (χ4n) is 2.45. The number of carbonyl (C=O) groups excluding carboxylic acids is 2. The van der Waals surface area contributed by atoms with Crippen molar-refractivity contribution in [3.05, 3.63) is 54.1 Å². The summed E-state index contributed by atoms with van der Waals surface area (Å²) < 4.78 is 20.1. The van der Waals surface area contributed by atoms with E-state index in [1.165, 1.54) is 20.0 Å². The standard InChI is InChI=1S/C22H31NO4S/c1-4-5-6-7-8-9-10-11-19(16-20(24)17-22(25)27-3)23-28(26)21-14-12-18(2)13-15-21/h8-15,19,23H,4-7,16-17H2,1-3H3/b9-8+,11-10+/t19-,28-/m1/s1. The molecule has 2 atom stereocenters. The second-order valence-corrected chi connectivity index (χ2v) is 7.86. The van der Waals surface area contributed by atoms with Gasteiger partial charge < -0.3 is 4.74 Å². The maximum Gasteiger partial charge on any atom is 0.313 e. The van der Waals surface area contributed by atoms with Crippen molar-refractivity contribution in [2.75, 3.05) is 7.11 Å². The van der Waals surface area contributed by atoms with Gasteiger partial charge in [0.1, 0.15) is 23.2 Å². The molecule has 0 aliphatic rings. The van der Waals surface area contributed by atoms with Gasteiger partial charge in [-0.3, -0.25) is 9.59 Å². The van der Waals surface area contributed by atoms with Crippen LogP contribution in [-0.2, 0) is 25.3 Å². The molecular weight excluding hydrogens is 374 g/mol. The molecule has 0 aliphatic heterocycles.